The summed E-state index contributed by atoms with van der Waals surface area (Å²) in [4.78, 5) is 13.0. The van der Waals surface area contributed by atoms with Crippen molar-refractivity contribution in [2.75, 3.05) is 23.8 Å². The van der Waals surface area contributed by atoms with Gasteiger partial charge in [-0.1, -0.05) is 31.5 Å². The van der Waals surface area contributed by atoms with E-state index in [9.17, 15) is 18.3 Å². The first-order chi connectivity index (χ1) is 12.2. The highest BCUT2D eigenvalue weighted by Crippen LogP contribution is 2.36. The van der Waals surface area contributed by atoms with E-state index in [1.165, 1.54) is 6.07 Å². The molecule has 0 aromatic heterocycles. The van der Waals surface area contributed by atoms with Gasteiger partial charge in [0.15, 0.2) is 0 Å². The predicted molar refractivity (Wildman–Crippen MR) is 103 cm³/mol. The van der Waals surface area contributed by atoms with Crippen molar-refractivity contribution in [1.82, 2.24) is 0 Å². The SMILES string of the molecule is CCCCN(C)c1cc(C(=O)O)cc(S(N)(=O)=O)c1Nc1ccccc1. The van der Waals surface area contributed by atoms with Gasteiger partial charge in [-0.05, 0) is 30.7 Å². The van der Waals surface area contributed by atoms with E-state index in [1.54, 1.807) is 19.2 Å². The number of carboxylic acid groups (broad SMARTS) is 1. The van der Waals surface area contributed by atoms with Gasteiger partial charge >= 0.3 is 5.97 Å². The Morgan fingerprint density at radius 3 is 2.42 bits per heavy atom. The van der Waals surface area contributed by atoms with Gasteiger partial charge in [-0.15, -0.1) is 0 Å². The van der Waals surface area contributed by atoms with Crippen LogP contribution in [0.1, 0.15) is 30.1 Å². The maximum absolute atomic E-state index is 12.1. The predicted octanol–water partition coefficient (Wildman–Crippen LogP) is 3.01. The minimum Gasteiger partial charge on any atom is -0.478 e. The van der Waals surface area contributed by atoms with E-state index in [0.717, 1.165) is 18.9 Å². The summed E-state index contributed by atoms with van der Waals surface area (Å²) in [7, 11) is -2.35. The van der Waals surface area contributed by atoms with E-state index < -0.39 is 16.0 Å². The number of unbranched alkanes of at least 4 members (excludes halogenated alkanes) is 1. The van der Waals surface area contributed by atoms with Crippen LogP contribution in [0.4, 0.5) is 17.1 Å². The number of nitrogens with one attached hydrogen (secondary N) is 1. The monoisotopic (exact) mass is 377 g/mol. The summed E-state index contributed by atoms with van der Waals surface area (Å²) in [5.74, 6) is -1.22. The van der Waals surface area contributed by atoms with Crippen molar-refractivity contribution < 1.29 is 18.3 Å². The molecule has 7 nitrogen and oxygen atoms in total. The number of anilines is 3. The van der Waals surface area contributed by atoms with Gasteiger partial charge in [0.25, 0.3) is 0 Å². The number of hydrogen-bond acceptors (Lipinski definition) is 5. The van der Waals surface area contributed by atoms with Crippen molar-refractivity contribution in [2.45, 2.75) is 24.7 Å². The van der Waals surface area contributed by atoms with Gasteiger partial charge < -0.3 is 15.3 Å². The number of carbonyl (C=O) groups is 1. The van der Waals surface area contributed by atoms with Crippen molar-refractivity contribution in [3.8, 4) is 0 Å². The molecule has 0 fully saturated rings. The van der Waals surface area contributed by atoms with Crippen molar-refractivity contribution in [3.05, 3.63) is 48.0 Å². The van der Waals surface area contributed by atoms with Gasteiger partial charge in [-0.2, -0.15) is 0 Å². The summed E-state index contributed by atoms with van der Waals surface area (Å²) in [5.41, 5.74) is 1.27. The van der Waals surface area contributed by atoms with E-state index in [-0.39, 0.29) is 16.1 Å². The first-order valence-electron chi connectivity index (χ1n) is 8.21. The van der Waals surface area contributed by atoms with Crippen LogP contribution in [0.5, 0.6) is 0 Å². The Bertz CT molecular complexity index is 883. The maximum Gasteiger partial charge on any atom is 0.335 e. The van der Waals surface area contributed by atoms with Crippen LogP contribution in [0.15, 0.2) is 47.4 Å². The molecular weight excluding hydrogens is 354 g/mol. The molecule has 0 aliphatic heterocycles. The van der Waals surface area contributed by atoms with Crippen LogP contribution >= 0.6 is 0 Å². The Morgan fingerprint density at radius 2 is 1.88 bits per heavy atom. The molecular formula is C18H23N3O4S. The second-order valence-electron chi connectivity index (χ2n) is 5.98. The second kappa shape index (κ2) is 8.20. The van der Waals surface area contributed by atoms with Gasteiger partial charge in [0.1, 0.15) is 4.90 Å². The maximum atomic E-state index is 12.1. The molecule has 0 heterocycles. The van der Waals surface area contributed by atoms with Crippen LogP contribution in [0.25, 0.3) is 0 Å². The van der Waals surface area contributed by atoms with Crippen molar-refractivity contribution >= 4 is 33.1 Å². The number of rotatable bonds is 8. The molecule has 0 unspecified atom stereocenters. The molecule has 140 valence electrons. The number of hydrogen-bond donors (Lipinski definition) is 3. The topological polar surface area (TPSA) is 113 Å². The van der Waals surface area contributed by atoms with Crippen LogP contribution in [0.3, 0.4) is 0 Å². The van der Waals surface area contributed by atoms with Gasteiger partial charge in [0.05, 0.1) is 16.9 Å². The molecule has 8 heteroatoms. The number of nitrogens with two attached hydrogens (primary N) is 1. The van der Waals surface area contributed by atoms with E-state index in [4.69, 9.17) is 5.14 Å². The minimum atomic E-state index is -4.14. The van der Waals surface area contributed by atoms with Gasteiger partial charge in [0.2, 0.25) is 10.0 Å². The third-order valence-corrected chi connectivity index (χ3v) is 4.87. The average Bonchev–Trinajstić information content (AvgIpc) is 2.59. The van der Waals surface area contributed by atoms with Crippen LogP contribution in [-0.4, -0.2) is 33.1 Å². The lowest BCUT2D eigenvalue weighted by atomic mass is 10.1. The summed E-state index contributed by atoms with van der Waals surface area (Å²) in [6.45, 7) is 2.69. The van der Waals surface area contributed by atoms with Crippen molar-refractivity contribution in [3.63, 3.8) is 0 Å². The quantitative estimate of drug-likeness (QED) is 0.652. The van der Waals surface area contributed by atoms with E-state index >= 15 is 0 Å². The fourth-order valence-corrected chi connectivity index (χ4v) is 3.29. The highest BCUT2D eigenvalue weighted by Gasteiger charge is 2.23. The summed E-state index contributed by atoms with van der Waals surface area (Å²) >= 11 is 0. The van der Waals surface area contributed by atoms with Gasteiger partial charge in [-0.3, -0.25) is 0 Å². The zero-order valence-electron chi connectivity index (χ0n) is 14.8. The molecule has 0 spiro atoms. The molecule has 0 aliphatic rings. The molecule has 2 aromatic carbocycles. The zero-order chi connectivity index (χ0) is 19.3. The number of nitrogens with zero attached hydrogens (tertiary/aromatic N) is 1. The highest BCUT2D eigenvalue weighted by molar-refractivity contribution is 7.89. The largest absolute Gasteiger partial charge is 0.478 e. The van der Waals surface area contributed by atoms with E-state index in [0.29, 0.717) is 17.9 Å². The summed E-state index contributed by atoms with van der Waals surface area (Å²) in [5, 5.41) is 17.8. The Morgan fingerprint density at radius 1 is 1.23 bits per heavy atom. The fraction of sp³-hybridized carbons (Fsp3) is 0.278. The third-order valence-electron chi connectivity index (χ3n) is 3.94. The second-order valence-corrected chi connectivity index (χ2v) is 7.51. The molecule has 0 aliphatic carbocycles. The molecule has 4 N–H and O–H groups in total. The minimum absolute atomic E-state index is 0.133. The van der Waals surface area contributed by atoms with E-state index in [1.807, 2.05) is 30.0 Å². The molecule has 26 heavy (non-hydrogen) atoms. The fourth-order valence-electron chi connectivity index (χ4n) is 2.56. The molecule has 0 amide bonds. The molecule has 0 bridgehead atoms. The molecule has 0 radical (unpaired) electrons. The summed E-state index contributed by atoms with van der Waals surface area (Å²) in [6, 6.07) is 11.6. The zero-order valence-corrected chi connectivity index (χ0v) is 15.6. The molecule has 2 rings (SSSR count). The number of primary sulfonamides is 1. The van der Waals surface area contributed by atoms with Crippen LogP contribution in [0.2, 0.25) is 0 Å². The third kappa shape index (κ3) is 4.74. The van der Waals surface area contributed by atoms with Crippen molar-refractivity contribution in [2.24, 2.45) is 5.14 Å². The normalized spacial score (nSPS) is 11.2. The van der Waals surface area contributed by atoms with Crippen LogP contribution in [-0.2, 0) is 10.0 Å². The first-order valence-corrected chi connectivity index (χ1v) is 9.76. The van der Waals surface area contributed by atoms with Crippen LogP contribution < -0.4 is 15.4 Å². The Kier molecular flexibility index (Phi) is 6.23. The number of carboxylic acids is 1. The Hall–Kier alpha value is -2.58. The number of sulfonamides is 1. The lowest BCUT2D eigenvalue weighted by Gasteiger charge is -2.25. The van der Waals surface area contributed by atoms with Gasteiger partial charge in [0, 0.05) is 19.3 Å². The van der Waals surface area contributed by atoms with Crippen molar-refractivity contribution in [1.29, 1.82) is 0 Å². The van der Waals surface area contributed by atoms with Crippen LogP contribution in [0, 0.1) is 0 Å². The van der Waals surface area contributed by atoms with E-state index in [2.05, 4.69) is 5.32 Å². The summed E-state index contributed by atoms with van der Waals surface area (Å²) in [6.07, 6.45) is 1.83. The molecule has 0 saturated heterocycles. The standard InChI is InChI=1S/C18H23N3O4S/c1-3-4-10-21(2)15-11-13(18(22)23)12-16(26(19,24)25)17(15)20-14-8-6-5-7-9-14/h5-9,11-12,20H,3-4,10H2,1-2H3,(H,22,23)(H2,19,24,25). The lowest BCUT2D eigenvalue weighted by molar-refractivity contribution is 0.0696. The summed E-state index contributed by atoms with van der Waals surface area (Å²) < 4.78 is 24.3. The number of benzene rings is 2. The molecule has 0 saturated carbocycles. The van der Waals surface area contributed by atoms with Gasteiger partial charge in [-0.25, -0.2) is 18.4 Å². The first kappa shape index (κ1) is 19.7. The number of aromatic carboxylic acids is 1. The highest BCUT2D eigenvalue weighted by atomic mass is 32.2. The Balaban J connectivity index is 2.68. The average molecular weight is 377 g/mol. The molecule has 2 aromatic rings. The smallest absolute Gasteiger partial charge is 0.335 e. The molecule has 0 atom stereocenters. The lowest BCUT2D eigenvalue weighted by Crippen LogP contribution is -2.23. The Labute approximate surface area is 153 Å². The number of para-hydroxylation sites is 1.